The second-order valence-electron chi connectivity index (χ2n) is 8.78. The van der Waals surface area contributed by atoms with Crippen LogP contribution in [0.4, 0.5) is 14.5 Å². The summed E-state index contributed by atoms with van der Waals surface area (Å²) in [7, 11) is 1.62. The van der Waals surface area contributed by atoms with E-state index in [9.17, 15) is 13.6 Å². The minimum atomic E-state index is -2.70. The monoisotopic (exact) mass is 507 g/mol. The third kappa shape index (κ3) is 8.01. The number of carbonyl (C=O) groups is 1. The van der Waals surface area contributed by atoms with E-state index in [1.807, 2.05) is 6.92 Å². The lowest BCUT2D eigenvalue weighted by Gasteiger charge is -2.34. The van der Waals surface area contributed by atoms with Crippen molar-refractivity contribution >= 4 is 17.4 Å². The first-order chi connectivity index (χ1) is 16.8. The molecule has 0 spiro atoms. The zero-order valence-electron chi connectivity index (χ0n) is 21.2. The molecule has 0 aliphatic carbocycles. The molecule has 3 rings (SSSR count). The van der Waals surface area contributed by atoms with Crippen LogP contribution in [0.3, 0.4) is 0 Å². The first-order valence-electron chi connectivity index (χ1n) is 11.7. The highest BCUT2D eigenvalue weighted by atomic mass is 19.3. The third-order valence-electron chi connectivity index (χ3n) is 5.57. The molecule has 12 heteroatoms. The fourth-order valence-electron chi connectivity index (χ4n) is 3.90. The maximum Gasteiger partial charge on any atom is 0.300 e. The molecule has 0 atom stereocenters. The zero-order valence-corrected chi connectivity index (χ0v) is 21.2. The summed E-state index contributed by atoms with van der Waals surface area (Å²) < 4.78 is 29.0. The lowest BCUT2D eigenvalue weighted by atomic mass is 10.1. The number of alkyl halides is 2. The number of anilines is 1. The Kier molecular flexibility index (Phi) is 9.91. The molecule has 3 heterocycles. The van der Waals surface area contributed by atoms with Crippen LogP contribution in [0.15, 0.2) is 34.9 Å². The number of carboxylic acids is 1. The predicted molar refractivity (Wildman–Crippen MR) is 134 cm³/mol. The molecule has 0 aromatic carbocycles. The summed E-state index contributed by atoms with van der Waals surface area (Å²) >= 11 is 0. The number of hydrazine groups is 1. The molecule has 36 heavy (non-hydrogen) atoms. The van der Waals surface area contributed by atoms with Crippen LogP contribution >= 0.6 is 0 Å². The number of pyridine rings is 1. The van der Waals surface area contributed by atoms with Gasteiger partial charge in [0.1, 0.15) is 0 Å². The van der Waals surface area contributed by atoms with Crippen LogP contribution in [-0.2, 0) is 17.8 Å². The van der Waals surface area contributed by atoms with E-state index in [4.69, 9.17) is 21.5 Å². The number of nitrogens with two attached hydrogens (primary N) is 2. The summed E-state index contributed by atoms with van der Waals surface area (Å²) in [5.41, 5.74) is 9.48. The van der Waals surface area contributed by atoms with Crippen LogP contribution in [0.2, 0.25) is 0 Å². The number of hydrogen-bond acceptors (Lipinski definition) is 8. The number of hydrogen-bond donors (Lipinski definition) is 3. The number of allylic oxidation sites excluding steroid dienone is 1. The van der Waals surface area contributed by atoms with Gasteiger partial charge in [0.05, 0.1) is 47.8 Å². The topological polar surface area (TPSA) is 144 Å². The number of rotatable bonds is 7. The molecule has 0 bridgehead atoms. The molecule has 0 amide bonds. The maximum atomic E-state index is 13.8. The van der Waals surface area contributed by atoms with Crippen molar-refractivity contribution in [1.82, 2.24) is 19.8 Å². The molecule has 2 aromatic heterocycles. The van der Waals surface area contributed by atoms with Crippen molar-refractivity contribution in [2.75, 3.05) is 25.0 Å². The molecule has 5 N–H and O–H groups in total. The van der Waals surface area contributed by atoms with Crippen molar-refractivity contribution in [1.29, 1.82) is 0 Å². The number of nitrogens with zero attached hydrogens (tertiary/aromatic N) is 5. The highest BCUT2D eigenvalue weighted by Crippen LogP contribution is 2.31. The molecule has 1 aliphatic heterocycles. The Bertz CT molecular complexity index is 1140. The van der Waals surface area contributed by atoms with Crippen molar-refractivity contribution in [3.63, 3.8) is 0 Å². The lowest BCUT2D eigenvalue weighted by Crippen LogP contribution is -2.43. The van der Waals surface area contributed by atoms with Gasteiger partial charge in [-0.2, -0.15) is 5.10 Å². The molecule has 0 unspecified atom stereocenters. The summed E-state index contributed by atoms with van der Waals surface area (Å²) in [5.74, 6) is 2.46. The summed E-state index contributed by atoms with van der Waals surface area (Å²) in [6.07, 6.45) is 3.70. The molecule has 198 valence electrons. The molecule has 10 nitrogen and oxygen atoms in total. The summed E-state index contributed by atoms with van der Waals surface area (Å²) in [4.78, 5) is 27.7. The van der Waals surface area contributed by atoms with Crippen LogP contribution in [0.5, 0.6) is 0 Å². The molecular formula is C24H35F2N7O3. The van der Waals surface area contributed by atoms with Gasteiger partial charge in [0, 0.05) is 33.0 Å². The number of halogens is 2. The van der Waals surface area contributed by atoms with Crippen LogP contribution in [-0.4, -0.2) is 56.9 Å². The summed E-state index contributed by atoms with van der Waals surface area (Å²) in [6, 6.07) is 5.00. The third-order valence-corrected chi connectivity index (χ3v) is 5.57. The zero-order chi connectivity index (χ0) is 27.0. The summed E-state index contributed by atoms with van der Waals surface area (Å²) in [5, 5.41) is 13.0. The van der Waals surface area contributed by atoms with Gasteiger partial charge in [0.2, 0.25) is 0 Å². The van der Waals surface area contributed by atoms with Gasteiger partial charge in [-0.25, -0.2) is 24.3 Å². The van der Waals surface area contributed by atoms with Gasteiger partial charge in [-0.1, -0.05) is 13.3 Å². The number of carboxylic acid groups (broad SMARTS) is 1. The van der Waals surface area contributed by atoms with Gasteiger partial charge in [0.25, 0.3) is 17.5 Å². The molecule has 1 saturated heterocycles. The largest absolute Gasteiger partial charge is 0.481 e. The Morgan fingerprint density at radius 3 is 2.53 bits per heavy atom. The first kappa shape index (κ1) is 28.7. The minimum absolute atomic E-state index is 0.0743. The van der Waals surface area contributed by atoms with Crippen molar-refractivity contribution in [2.45, 2.75) is 58.9 Å². The van der Waals surface area contributed by atoms with Crippen LogP contribution in [0.1, 0.15) is 50.1 Å². The van der Waals surface area contributed by atoms with Crippen molar-refractivity contribution in [3.8, 4) is 0 Å². The van der Waals surface area contributed by atoms with Gasteiger partial charge in [-0.05, 0) is 37.5 Å². The molecule has 2 aromatic rings. The highest BCUT2D eigenvalue weighted by molar-refractivity contribution is 5.65. The lowest BCUT2D eigenvalue weighted by molar-refractivity contribution is -0.134. The van der Waals surface area contributed by atoms with E-state index >= 15 is 0 Å². The molecule has 0 saturated carbocycles. The average Bonchev–Trinajstić information content (AvgIpc) is 2.77. The Balaban J connectivity index is 0.00000106. The van der Waals surface area contributed by atoms with E-state index in [-0.39, 0.29) is 25.1 Å². The Hall–Kier alpha value is -3.54. The second-order valence-corrected chi connectivity index (χ2v) is 8.78. The normalized spacial score (nSPS) is 15.5. The van der Waals surface area contributed by atoms with E-state index in [0.29, 0.717) is 41.4 Å². The summed E-state index contributed by atoms with van der Waals surface area (Å²) in [6.45, 7) is 5.20. The van der Waals surface area contributed by atoms with Crippen molar-refractivity contribution < 1.29 is 18.7 Å². The molecule has 0 radical (unpaired) electrons. The first-order valence-corrected chi connectivity index (χ1v) is 11.7. The smallest absolute Gasteiger partial charge is 0.300 e. The Morgan fingerprint density at radius 2 is 2.00 bits per heavy atom. The van der Waals surface area contributed by atoms with Crippen molar-refractivity contribution in [3.05, 3.63) is 57.4 Å². The van der Waals surface area contributed by atoms with Crippen molar-refractivity contribution in [2.24, 2.45) is 11.6 Å². The minimum Gasteiger partial charge on any atom is -0.481 e. The van der Waals surface area contributed by atoms with E-state index in [2.05, 4.69) is 10.1 Å². The fourth-order valence-corrected chi connectivity index (χ4v) is 3.90. The van der Waals surface area contributed by atoms with E-state index in [1.165, 1.54) is 9.69 Å². The highest BCUT2D eigenvalue weighted by Gasteiger charge is 2.35. The molecular weight excluding hydrogens is 472 g/mol. The predicted octanol–water partition coefficient (Wildman–Crippen LogP) is 2.36. The number of aryl methyl sites for hydroxylation is 2. The maximum absolute atomic E-state index is 13.8. The standard InChI is InChI=1S/C22H31F2N7O.C2H4O2/c1-4-6-16-11-20(32)31(27-12-16)13-19(29(3)26)21(25)17-7-8-18(15(2)28-17)30-10-5-9-22(23,24)14-30;1-2(3)4/h7-8,11-12H,4-6,9-10,13-14,25-26H2,1-3H3;1H3,(H,3,4)/b21-19-;. The Morgan fingerprint density at radius 1 is 1.33 bits per heavy atom. The SMILES string of the molecule is CC(=O)O.CCCc1cnn(C/C(=C(/N)c2ccc(N3CCCC(F)(F)C3)c(C)n2)N(C)N)c(=O)c1. The van der Waals surface area contributed by atoms with Crippen LogP contribution in [0, 0.1) is 6.92 Å². The van der Waals surface area contributed by atoms with E-state index in [0.717, 1.165) is 25.3 Å². The van der Waals surface area contributed by atoms with Gasteiger partial charge < -0.3 is 20.7 Å². The number of aromatic nitrogens is 3. The number of aliphatic carboxylic acids is 1. The van der Waals surface area contributed by atoms with Gasteiger partial charge in [-0.3, -0.25) is 9.59 Å². The van der Waals surface area contributed by atoms with Gasteiger partial charge in [0.15, 0.2) is 0 Å². The van der Waals surface area contributed by atoms with Crippen LogP contribution < -0.4 is 22.0 Å². The number of piperidine rings is 1. The van der Waals surface area contributed by atoms with E-state index in [1.54, 1.807) is 43.3 Å². The quantitative estimate of drug-likeness (QED) is 0.380. The molecule has 1 fully saturated rings. The molecule has 1 aliphatic rings. The second kappa shape index (κ2) is 12.4. The Labute approximate surface area is 209 Å². The van der Waals surface area contributed by atoms with Gasteiger partial charge >= 0.3 is 0 Å². The fraction of sp³-hybridized carbons (Fsp3) is 0.500. The average molecular weight is 508 g/mol. The van der Waals surface area contributed by atoms with E-state index < -0.39 is 11.9 Å². The number of likely N-dealkylation sites (N-methyl/N-ethyl adjacent to an activating group) is 1. The van der Waals surface area contributed by atoms with Gasteiger partial charge in [-0.15, -0.1) is 0 Å². The van der Waals surface area contributed by atoms with Crippen LogP contribution in [0.25, 0.3) is 5.70 Å².